The first kappa shape index (κ1) is 17.8. The van der Waals surface area contributed by atoms with Crippen molar-refractivity contribution in [1.82, 2.24) is 14.3 Å². The van der Waals surface area contributed by atoms with E-state index in [9.17, 15) is 8.42 Å². The number of rotatable bonds is 10. The van der Waals surface area contributed by atoms with Crippen LogP contribution in [0.1, 0.15) is 39.5 Å². The Morgan fingerprint density at radius 2 is 2.15 bits per heavy atom. The van der Waals surface area contributed by atoms with Crippen LogP contribution in [0.5, 0.6) is 0 Å². The number of nitrogens with zero attached hydrogens (tertiary/aromatic N) is 1. The fourth-order valence-electron chi connectivity index (χ4n) is 2.25. The van der Waals surface area contributed by atoms with Gasteiger partial charge in [0.1, 0.15) is 0 Å². The van der Waals surface area contributed by atoms with Crippen LogP contribution in [-0.4, -0.2) is 58.2 Å². The first-order valence-electron chi connectivity index (χ1n) is 7.53. The maximum absolute atomic E-state index is 12.2. The molecule has 2 atom stereocenters. The van der Waals surface area contributed by atoms with Gasteiger partial charge in [0.2, 0.25) is 0 Å². The second-order valence-electron chi connectivity index (χ2n) is 5.39. The Labute approximate surface area is 123 Å². The highest BCUT2D eigenvalue weighted by molar-refractivity contribution is 7.87. The molecule has 2 N–H and O–H groups in total. The number of hydrogen-bond acceptors (Lipinski definition) is 4. The largest absolute Gasteiger partial charge is 0.377 e. The lowest BCUT2D eigenvalue weighted by molar-refractivity contribution is 0.0897. The van der Waals surface area contributed by atoms with Crippen molar-refractivity contribution in [2.75, 3.05) is 33.3 Å². The molecule has 0 aromatic carbocycles. The van der Waals surface area contributed by atoms with E-state index >= 15 is 0 Å². The van der Waals surface area contributed by atoms with Crippen molar-refractivity contribution in [1.29, 1.82) is 0 Å². The van der Waals surface area contributed by atoms with Gasteiger partial charge in [-0.2, -0.15) is 17.4 Å². The number of hydrogen-bond donors (Lipinski definition) is 2. The van der Waals surface area contributed by atoms with Gasteiger partial charge < -0.3 is 10.1 Å². The van der Waals surface area contributed by atoms with E-state index in [1.807, 2.05) is 6.92 Å². The van der Waals surface area contributed by atoms with E-state index < -0.39 is 10.2 Å². The molecule has 1 aliphatic heterocycles. The highest BCUT2D eigenvalue weighted by atomic mass is 32.2. The average Bonchev–Trinajstić information content (AvgIpc) is 2.91. The predicted octanol–water partition coefficient (Wildman–Crippen LogP) is 0.710. The van der Waals surface area contributed by atoms with E-state index in [1.165, 1.54) is 4.31 Å². The SMILES string of the molecule is CCCNCCCN(C)S(=O)(=O)NC(C)C1CCCO1. The summed E-state index contributed by atoms with van der Waals surface area (Å²) in [6.45, 7) is 7.05. The van der Waals surface area contributed by atoms with E-state index in [4.69, 9.17) is 4.74 Å². The predicted molar refractivity (Wildman–Crippen MR) is 80.9 cm³/mol. The van der Waals surface area contributed by atoms with Crippen LogP contribution in [0.15, 0.2) is 0 Å². The standard InChI is InChI=1S/C13H29N3O3S/c1-4-8-14-9-6-10-16(3)20(17,18)15-12(2)13-7-5-11-19-13/h12-15H,4-11H2,1-3H3. The van der Waals surface area contributed by atoms with Crippen LogP contribution >= 0.6 is 0 Å². The van der Waals surface area contributed by atoms with Gasteiger partial charge in [-0.3, -0.25) is 0 Å². The Morgan fingerprint density at radius 3 is 2.75 bits per heavy atom. The molecular formula is C13H29N3O3S. The van der Waals surface area contributed by atoms with Crippen molar-refractivity contribution >= 4 is 10.2 Å². The molecule has 1 heterocycles. The van der Waals surface area contributed by atoms with Gasteiger partial charge in [0.25, 0.3) is 10.2 Å². The first-order chi connectivity index (χ1) is 9.47. The summed E-state index contributed by atoms with van der Waals surface area (Å²) in [5.74, 6) is 0. The van der Waals surface area contributed by atoms with Crippen LogP contribution in [0.2, 0.25) is 0 Å². The van der Waals surface area contributed by atoms with Gasteiger partial charge in [-0.15, -0.1) is 0 Å². The van der Waals surface area contributed by atoms with Crippen LogP contribution < -0.4 is 10.0 Å². The molecule has 0 aromatic rings. The summed E-state index contributed by atoms with van der Waals surface area (Å²) < 4.78 is 33.9. The molecule has 0 amide bonds. The molecule has 1 saturated heterocycles. The molecule has 0 aromatic heterocycles. The van der Waals surface area contributed by atoms with Crippen molar-refractivity contribution < 1.29 is 13.2 Å². The minimum absolute atomic E-state index is 0.00407. The fourth-order valence-corrected chi connectivity index (χ4v) is 3.42. The summed E-state index contributed by atoms with van der Waals surface area (Å²) in [6, 6.07) is -0.178. The third-order valence-corrected chi connectivity index (χ3v) is 5.19. The Bertz CT molecular complexity index is 356. The molecule has 0 spiro atoms. The van der Waals surface area contributed by atoms with Crippen LogP contribution in [-0.2, 0) is 14.9 Å². The lowest BCUT2D eigenvalue weighted by Crippen LogP contribution is -2.47. The van der Waals surface area contributed by atoms with Gasteiger partial charge in [-0.05, 0) is 45.7 Å². The summed E-state index contributed by atoms with van der Waals surface area (Å²) >= 11 is 0. The van der Waals surface area contributed by atoms with Crippen LogP contribution in [0.4, 0.5) is 0 Å². The summed E-state index contributed by atoms with van der Waals surface area (Å²) in [5, 5.41) is 3.27. The fraction of sp³-hybridized carbons (Fsp3) is 1.00. The maximum Gasteiger partial charge on any atom is 0.279 e. The highest BCUT2D eigenvalue weighted by Gasteiger charge is 2.27. The van der Waals surface area contributed by atoms with Crippen molar-refractivity contribution in [3.8, 4) is 0 Å². The monoisotopic (exact) mass is 307 g/mol. The van der Waals surface area contributed by atoms with Crippen LogP contribution in [0, 0.1) is 0 Å². The summed E-state index contributed by atoms with van der Waals surface area (Å²) in [5.41, 5.74) is 0. The third-order valence-electron chi connectivity index (χ3n) is 3.52. The van der Waals surface area contributed by atoms with Gasteiger partial charge in [0.15, 0.2) is 0 Å². The molecule has 7 heteroatoms. The summed E-state index contributed by atoms with van der Waals surface area (Å²) in [6.07, 6.45) is 3.84. The molecule has 1 rings (SSSR count). The van der Waals surface area contributed by atoms with Gasteiger partial charge in [-0.1, -0.05) is 6.92 Å². The lowest BCUT2D eigenvalue weighted by atomic mass is 10.1. The van der Waals surface area contributed by atoms with Crippen molar-refractivity contribution in [2.45, 2.75) is 51.7 Å². The highest BCUT2D eigenvalue weighted by Crippen LogP contribution is 2.16. The lowest BCUT2D eigenvalue weighted by Gasteiger charge is -2.24. The molecule has 0 bridgehead atoms. The Morgan fingerprint density at radius 1 is 1.40 bits per heavy atom. The number of ether oxygens (including phenoxy) is 1. The second-order valence-corrected chi connectivity index (χ2v) is 7.20. The zero-order valence-corrected chi connectivity index (χ0v) is 13.7. The van der Waals surface area contributed by atoms with Crippen LogP contribution in [0.3, 0.4) is 0 Å². The average molecular weight is 307 g/mol. The molecule has 1 fully saturated rings. The second kappa shape index (κ2) is 8.94. The van der Waals surface area contributed by atoms with Gasteiger partial charge in [0.05, 0.1) is 6.10 Å². The van der Waals surface area contributed by atoms with Crippen molar-refractivity contribution in [2.24, 2.45) is 0 Å². The maximum atomic E-state index is 12.2. The molecule has 20 heavy (non-hydrogen) atoms. The minimum Gasteiger partial charge on any atom is -0.377 e. The van der Waals surface area contributed by atoms with Crippen molar-refractivity contribution in [3.05, 3.63) is 0 Å². The van der Waals surface area contributed by atoms with E-state index in [0.717, 1.165) is 45.4 Å². The van der Waals surface area contributed by atoms with E-state index in [1.54, 1.807) is 7.05 Å². The molecule has 0 radical (unpaired) electrons. The third kappa shape index (κ3) is 6.05. The Hall–Kier alpha value is -0.210. The van der Waals surface area contributed by atoms with E-state index in [0.29, 0.717) is 6.54 Å². The zero-order chi connectivity index (χ0) is 15.0. The molecule has 0 aliphatic carbocycles. The molecule has 120 valence electrons. The molecule has 2 unspecified atom stereocenters. The van der Waals surface area contributed by atoms with Crippen LogP contribution in [0.25, 0.3) is 0 Å². The summed E-state index contributed by atoms with van der Waals surface area (Å²) in [4.78, 5) is 0. The first-order valence-corrected chi connectivity index (χ1v) is 8.97. The molecule has 6 nitrogen and oxygen atoms in total. The smallest absolute Gasteiger partial charge is 0.279 e. The normalized spacial score (nSPS) is 21.5. The van der Waals surface area contributed by atoms with Gasteiger partial charge in [-0.25, -0.2) is 0 Å². The quantitative estimate of drug-likeness (QED) is 0.583. The van der Waals surface area contributed by atoms with Crippen molar-refractivity contribution in [3.63, 3.8) is 0 Å². The van der Waals surface area contributed by atoms with E-state index in [-0.39, 0.29) is 12.1 Å². The molecular weight excluding hydrogens is 278 g/mol. The minimum atomic E-state index is -3.41. The number of nitrogens with one attached hydrogen (secondary N) is 2. The van der Waals surface area contributed by atoms with E-state index in [2.05, 4.69) is 17.0 Å². The summed E-state index contributed by atoms with van der Waals surface area (Å²) in [7, 11) is -1.80. The van der Waals surface area contributed by atoms with Gasteiger partial charge >= 0.3 is 0 Å². The molecule has 0 saturated carbocycles. The molecule has 1 aliphatic rings. The van der Waals surface area contributed by atoms with Gasteiger partial charge in [0, 0.05) is 26.2 Å². The zero-order valence-electron chi connectivity index (χ0n) is 12.9. The topological polar surface area (TPSA) is 70.7 Å². The Kier molecular flexibility index (Phi) is 7.98. The Balaban J connectivity index is 2.30.